The lowest BCUT2D eigenvalue weighted by Gasteiger charge is -2.20. The Kier molecular flexibility index (Phi) is 3.69. The number of aromatic nitrogens is 1. The Morgan fingerprint density at radius 1 is 1.44 bits per heavy atom. The highest BCUT2D eigenvalue weighted by Gasteiger charge is 2.24. The van der Waals surface area contributed by atoms with Crippen LogP contribution in [0.3, 0.4) is 0 Å². The predicted molar refractivity (Wildman–Crippen MR) is 61.8 cm³/mol. The number of hydrogen-bond acceptors (Lipinski definition) is 4. The number of carbonyl (C=O) groups is 2. The van der Waals surface area contributed by atoms with Crippen LogP contribution >= 0.6 is 0 Å². The molecule has 1 aliphatic rings. The lowest BCUT2D eigenvalue weighted by Crippen LogP contribution is -2.15. The maximum atomic E-state index is 13.9. The predicted octanol–water partition coefficient (Wildman–Crippen LogP) is 2.23. The summed E-state index contributed by atoms with van der Waals surface area (Å²) >= 11 is 0. The number of esters is 1. The second-order valence-corrected chi connectivity index (χ2v) is 4.40. The molecule has 2 rings (SSSR count). The van der Waals surface area contributed by atoms with E-state index in [2.05, 4.69) is 9.72 Å². The number of rotatable bonds is 2. The molecular formula is C13H14FNO3. The van der Waals surface area contributed by atoms with Gasteiger partial charge in [-0.25, -0.2) is 9.18 Å². The summed E-state index contributed by atoms with van der Waals surface area (Å²) in [5, 5.41) is 0. The number of halogens is 1. The van der Waals surface area contributed by atoms with Crippen LogP contribution in [0.4, 0.5) is 4.39 Å². The molecule has 0 aliphatic heterocycles. The van der Waals surface area contributed by atoms with Crippen molar-refractivity contribution in [2.45, 2.75) is 31.6 Å². The molecule has 4 nitrogen and oxygen atoms in total. The summed E-state index contributed by atoms with van der Waals surface area (Å²) in [6.07, 6.45) is 3.52. The average molecular weight is 251 g/mol. The topological polar surface area (TPSA) is 56.3 Å². The van der Waals surface area contributed by atoms with Crippen LogP contribution in [0.1, 0.15) is 47.7 Å². The lowest BCUT2D eigenvalue weighted by molar-refractivity contribution is -0.120. The third-order valence-electron chi connectivity index (χ3n) is 3.22. The van der Waals surface area contributed by atoms with E-state index in [1.165, 1.54) is 13.3 Å². The van der Waals surface area contributed by atoms with Crippen molar-refractivity contribution in [1.29, 1.82) is 0 Å². The van der Waals surface area contributed by atoms with Gasteiger partial charge in [0.25, 0.3) is 0 Å². The SMILES string of the molecule is COC(=O)c1cnc(C2CCC(=O)CC2)c(F)c1. The molecule has 1 aromatic heterocycles. The summed E-state index contributed by atoms with van der Waals surface area (Å²) in [4.78, 5) is 26.4. The maximum absolute atomic E-state index is 13.9. The summed E-state index contributed by atoms with van der Waals surface area (Å²) in [7, 11) is 1.24. The van der Waals surface area contributed by atoms with Crippen LogP contribution in [0.25, 0.3) is 0 Å². The molecule has 96 valence electrons. The molecule has 1 fully saturated rings. The molecule has 0 N–H and O–H groups in total. The van der Waals surface area contributed by atoms with E-state index in [0.717, 1.165) is 6.07 Å². The van der Waals surface area contributed by atoms with Crippen LogP contribution in [-0.4, -0.2) is 23.8 Å². The van der Waals surface area contributed by atoms with Crippen LogP contribution in [-0.2, 0) is 9.53 Å². The van der Waals surface area contributed by atoms with Crippen LogP contribution in [0.5, 0.6) is 0 Å². The van der Waals surface area contributed by atoms with E-state index in [1.807, 2.05) is 0 Å². The van der Waals surface area contributed by atoms with Crippen molar-refractivity contribution in [3.63, 3.8) is 0 Å². The summed E-state index contributed by atoms with van der Waals surface area (Å²) in [6, 6.07) is 1.14. The fourth-order valence-corrected chi connectivity index (χ4v) is 2.19. The molecule has 5 heteroatoms. The van der Waals surface area contributed by atoms with E-state index in [1.54, 1.807) is 0 Å². The molecule has 0 spiro atoms. The van der Waals surface area contributed by atoms with Gasteiger partial charge >= 0.3 is 5.97 Å². The van der Waals surface area contributed by atoms with Gasteiger partial charge in [0.2, 0.25) is 0 Å². The zero-order valence-electron chi connectivity index (χ0n) is 10.1. The molecule has 0 bridgehead atoms. The first-order valence-electron chi connectivity index (χ1n) is 5.87. The van der Waals surface area contributed by atoms with Gasteiger partial charge in [-0.1, -0.05) is 0 Å². The molecular weight excluding hydrogens is 237 g/mol. The second kappa shape index (κ2) is 5.25. The highest BCUT2D eigenvalue weighted by Crippen LogP contribution is 2.31. The fourth-order valence-electron chi connectivity index (χ4n) is 2.19. The molecule has 1 saturated carbocycles. The highest BCUT2D eigenvalue weighted by molar-refractivity contribution is 5.88. The largest absolute Gasteiger partial charge is 0.465 e. The van der Waals surface area contributed by atoms with E-state index in [0.29, 0.717) is 31.4 Å². The van der Waals surface area contributed by atoms with Crippen molar-refractivity contribution in [1.82, 2.24) is 4.98 Å². The molecule has 0 saturated heterocycles. The number of carbonyl (C=O) groups excluding carboxylic acids is 2. The van der Waals surface area contributed by atoms with Gasteiger partial charge in [-0.2, -0.15) is 0 Å². The number of ether oxygens (including phenoxy) is 1. The Labute approximate surface area is 104 Å². The maximum Gasteiger partial charge on any atom is 0.339 e. The number of ketones is 1. The van der Waals surface area contributed by atoms with Gasteiger partial charge < -0.3 is 4.74 Å². The van der Waals surface area contributed by atoms with Crippen LogP contribution in [0.15, 0.2) is 12.3 Å². The van der Waals surface area contributed by atoms with Gasteiger partial charge in [0, 0.05) is 25.0 Å². The van der Waals surface area contributed by atoms with E-state index < -0.39 is 11.8 Å². The van der Waals surface area contributed by atoms with E-state index in [-0.39, 0.29) is 17.3 Å². The summed E-state index contributed by atoms with van der Waals surface area (Å²) in [6.45, 7) is 0. The van der Waals surface area contributed by atoms with Gasteiger partial charge in [-0.3, -0.25) is 9.78 Å². The monoisotopic (exact) mass is 251 g/mol. The van der Waals surface area contributed by atoms with Crippen LogP contribution in [0.2, 0.25) is 0 Å². The summed E-state index contributed by atoms with van der Waals surface area (Å²) < 4.78 is 18.4. The Balaban J connectivity index is 2.19. The third kappa shape index (κ3) is 2.55. The molecule has 0 unspecified atom stereocenters. The van der Waals surface area contributed by atoms with Crippen molar-refractivity contribution in [2.24, 2.45) is 0 Å². The number of Topliss-reactive ketones (excluding diaryl/α,β-unsaturated/α-hetero) is 1. The number of pyridine rings is 1. The zero-order chi connectivity index (χ0) is 13.1. The van der Waals surface area contributed by atoms with Crippen molar-refractivity contribution >= 4 is 11.8 Å². The smallest absolute Gasteiger partial charge is 0.339 e. The van der Waals surface area contributed by atoms with Crippen molar-refractivity contribution < 1.29 is 18.7 Å². The quantitative estimate of drug-likeness (QED) is 0.756. The van der Waals surface area contributed by atoms with Crippen molar-refractivity contribution in [2.75, 3.05) is 7.11 Å². The minimum Gasteiger partial charge on any atom is -0.465 e. The fraction of sp³-hybridized carbons (Fsp3) is 0.462. The molecule has 0 atom stereocenters. The molecule has 0 aromatic carbocycles. The molecule has 0 radical (unpaired) electrons. The zero-order valence-corrected chi connectivity index (χ0v) is 10.1. The van der Waals surface area contributed by atoms with Gasteiger partial charge in [-0.15, -0.1) is 0 Å². The molecule has 1 heterocycles. The summed E-state index contributed by atoms with van der Waals surface area (Å²) in [5.41, 5.74) is 0.445. The minimum absolute atomic E-state index is 0.0330. The third-order valence-corrected chi connectivity index (χ3v) is 3.22. The first kappa shape index (κ1) is 12.7. The number of nitrogens with zero attached hydrogens (tertiary/aromatic N) is 1. The highest BCUT2D eigenvalue weighted by atomic mass is 19.1. The Hall–Kier alpha value is -1.78. The average Bonchev–Trinajstić information content (AvgIpc) is 2.39. The molecule has 0 amide bonds. The first-order chi connectivity index (χ1) is 8.61. The molecule has 1 aromatic rings. The van der Waals surface area contributed by atoms with Gasteiger partial charge in [0.05, 0.1) is 18.4 Å². The van der Waals surface area contributed by atoms with Gasteiger partial charge in [-0.05, 0) is 18.9 Å². The minimum atomic E-state index is -0.605. The van der Waals surface area contributed by atoms with E-state index >= 15 is 0 Å². The van der Waals surface area contributed by atoms with Crippen LogP contribution < -0.4 is 0 Å². The van der Waals surface area contributed by atoms with Crippen molar-refractivity contribution in [3.8, 4) is 0 Å². The normalized spacial score (nSPS) is 16.7. The Morgan fingerprint density at radius 3 is 2.67 bits per heavy atom. The van der Waals surface area contributed by atoms with E-state index in [4.69, 9.17) is 0 Å². The Morgan fingerprint density at radius 2 is 2.11 bits per heavy atom. The molecule has 18 heavy (non-hydrogen) atoms. The van der Waals surface area contributed by atoms with Crippen LogP contribution in [0, 0.1) is 5.82 Å². The standard InChI is InChI=1S/C13H14FNO3/c1-18-13(17)9-6-11(14)12(15-7-9)8-2-4-10(16)5-3-8/h6-8H,2-5H2,1H3. The second-order valence-electron chi connectivity index (χ2n) is 4.40. The lowest BCUT2D eigenvalue weighted by atomic mass is 9.85. The van der Waals surface area contributed by atoms with Gasteiger partial charge in [0.1, 0.15) is 11.6 Å². The molecule has 1 aliphatic carbocycles. The number of hydrogen-bond donors (Lipinski definition) is 0. The Bertz CT molecular complexity index is 477. The van der Waals surface area contributed by atoms with E-state index in [9.17, 15) is 14.0 Å². The van der Waals surface area contributed by atoms with Gasteiger partial charge in [0.15, 0.2) is 0 Å². The number of methoxy groups -OCH3 is 1. The van der Waals surface area contributed by atoms with Crippen molar-refractivity contribution in [3.05, 3.63) is 29.3 Å². The first-order valence-corrected chi connectivity index (χ1v) is 5.87. The summed E-state index contributed by atoms with van der Waals surface area (Å²) in [5.74, 6) is -0.920.